The molecule has 0 fully saturated rings. The van der Waals surface area contributed by atoms with Crippen molar-refractivity contribution >= 4 is 29.4 Å². The molecule has 1 unspecified atom stereocenters. The molecule has 1 atom stereocenters. The summed E-state index contributed by atoms with van der Waals surface area (Å²) in [4.78, 5) is -0.623. The molecule has 0 rings (SSSR count). The second-order valence-corrected chi connectivity index (χ2v) is 6.72. The lowest BCUT2D eigenvalue weighted by Crippen LogP contribution is -2.29. The van der Waals surface area contributed by atoms with Crippen molar-refractivity contribution in [1.29, 1.82) is 0 Å². The molecule has 0 aromatic heterocycles. The molecule has 5 heteroatoms. The highest BCUT2D eigenvalue weighted by Gasteiger charge is 2.24. The Bertz CT molecular complexity index is 253. The van der Waals surface area contributed by atoms with Gasteiger partial charge in [0.15, 0.2) is 0 Å². The fourth-order valence-corrected chi connectivity index (χ4v) is 3.05. The van der Waals surface area contributed by atoms with E-state index in [1.807, 2.05) is 13.3 Å². The largest absolute Gasteiger partial charge is 0.361 e. The third-order valence-electron chi connectivity index (χ3n) is 1.96. The number of ether oxygens (including phenoxy) is 1. The molecule has 0 bridgehead atoms. The van der Waals surface area contributed by atoms with E-state index in [9.17, 15) is 0 Å². The molecule has 1 N–H and O–H groups in total. The number of nitrogens with one attached hydrogen (secondary N) is 1. The van der Waals surface area contributed by atoms with Crippen LogP contribution < -0.4 is 5.32 Å². The van der Waals surface area contributed by atoms with Crippen molar-refractivity contribution < 1.29 is 4.74 Å². The molecule has 0 aliphatic carbocycles. The van der Waals surface area contributed by atoms with Crippen LogP contribution in [-0.4, -0.2) is 39.1 Å². The number of hydrogen-bond acceptors (Lipinski definition) is 4. The van der Waals surface area contributed by atoms with Crippen molar-refractivity contribution in [3.05, 3.63) is 0 Å². The lowest BCUT2D eigenvalue weighted by atomic mass is 9.94. The summed E-state index contributed by atoms with van der Waals surface area (Å²) >= 11 is 0. The van der Waals surface area contributed by atoms with Gasteiger partial charge in [0.1, 0.15) is 14.5 Å². The van der Waals surface area contributed by atoms with Crippen LogP contribution in [0.3, 0.4) is 0 Å². The molecule has 0 spiro atoms. The molecule has 0 aromatic carbocycles. The maximum absolute atomic E-state index is 6.19. The van der Waals surface area contributed by atoms with Crippen molar-refractivity contribution in [2.75, 3.05) is 26.5 Å². The van der Waals surface area contributed by atoms with Gasteiger partial charge in [0.05, 0.1) is 4.83 Å². The van der Waals surface area contributed by atoms with Crippen LogP contribution in [0.4, 0.5) is 0 Å². The zero-order valence-corrected chi connectivity index (χ0v) is 12.8. The Morgan fingerprint density at radius 1 is 1.47 bits per heavy atom. The van der Waals surface area contributed by atoms with Crippen molar-refractivity contribution in [1.82, 2.24) is 5.32 Å². The first-order valence-electron chi connectivity index (χ1n) is 5.81. The summed E-state index contributed by atoms with van der Waals surface area (Å²) in [6.07, 6.45) is 3.83. The van der Waals surface area contributed by atoms with E-state index in [4.69, 9.17) is 12.6 Å². The van der Waals surface area contributed by atoms with E-state index in [2.05, 4.69) is 31.0 Å². The van der Waals surface area contributed by atoms with Gasteiger partial charge in [-0.15, -0.1) is 0 Å². The number of rotatable bonds is 8. The Morgan fingerprint density at radius 3 is 2.71 bits per heavy atom. The van der Waals surface area contributed by atoms with Gasteiger partial charge in [-0.3, -0.25) is 0 Å². The van der Waals surface area contributed by atoms with E-state index in [-0.39, 0.29) is 0 Å². The van der Waals surface area contributed by atoms with Crippen molar-refractivity contribution in [3.8, 4) is 11.8 Å². The summed E-state index contributed by atoms with van der Waals surface area (Å²) in [7, 11) is 11.3. The molecule has 0 aliphatic heterocycles. The van der Waals surface area contributed by atoms with Crippen LogP contribution in [-0.2, 0) is 4.74 Å². The van der Waals surface area contributed by atoms with Gasteiger partial charge in [-0.05, 0) is 32.7 Å². The normalized spacial score (nSPS) is 14.2. The Labute approximate surface area is 115 Å². The highest BCUT2D eigenvalue weighted by molar-refractivity contribution is 8.77. The third kappa shape index (κ3) is 9.90. The molecule has 0 heterocycles. The maximum atomic E-state index is 6.19. The lowest BCUT2D eigenvalue weighted by Gasteiger charge is -2.28. The zero-order chi connectivity index (χ0) is 13.1. The molecule has 0 aliphatic rings. The second-order valence-electron chi connectivity index (χ2n) is 4.03. The van der Waals surface area contributed by atoms with Crippen LogP contribution in [0.2, 0.25) is 0 Å². The van der Waals surface area contributed by atoms with Crippen LogP contribution in [0.25, 0.3) is 0 Å². The van der Waals surface area contributed by atoms with Crippen molar-refractivity contribution in [2.24, 2.45) is 5.92 Å². The van der Waals surface area contributed by atoms with Crippen molar-refractivity contribution in [2.45, 2.75) is 31.5 Å². The van der Waals surface area contributed by atoms with Crippen LogP contribution in [0, 0.1) is 17.8 Å². The van der Waals surface area contributed by atoms with Gasteiger partial charge in [0.2, 0.25) is 0 Å². The van der Waals surface area contributed by atoms with Crippen molar-refractivity contribution in [3.63, 3.8) is 0 Å². The quantitative estimate of drug-likeness (QED) is 0.241. The summed E-state index contributed by atoms with van der Waals surface area (Å²) in [5, 5.41) is 3.11. The second kappa shape index (κ2) is 10.2. The highest BCUT2D eigenvalue weighted by atomic mass is 33.1. The summed E-state index contributed by atoms with van der Waals surface area (Å²) in [6, 6.07) is 0. The van der Waals surface area contributed by atoms with Gasteiger partial charge in [-0.2, -0.15) is 0 Å². The van der Waals surface area contributed by atoms with Gasteiger partial charge in [-0.1, -0.05) is 47.3 Å². The van der Waals surface area contributed by atoms with Gasteiger partial charge < -0.3 is 10.1 Å². The molecule has 0 saturated carbocycles. The summed E-state index contributed by atoms with van der Waals surface area (Å²) in [5.41, 5.74) is 0. The minimum absolute atomic E-state index is 0.378. The fraction of sp³-hybridized carbons (Fsp3) is 0.833. The van der Waals surface area contributed by atoms with E-state index in [1.54, 1.807) is 21.6 Å². The monoisotopic (exact) mass is 271 g/mol. The van der Waals surface area contributed by atoms with E-state index in [1.165, 1.54) is 0 Å². The first kappa shape index (κ1) is 17.2. The predicted octanol–water partition coefficient (Wildman–Crippen LogP) is 2.50. The average Bonchev–Trinajstić information content (AvgIpc) is 2.25. The number of hydrogen-bond donors (Lipinski definition) is 1. The first-order chi connectivity index (χ1) is 8.04. The highest BCUT2D eigenvalue weighted by Crippen LogP contribution is 2.36. The minimum atomic E-state index is -0.623. The standard InChI is InChI=1S/C12H22BNOS2/c1-11(2)7-5-10-15-12(13,17-16-4)8-6-9-14-3/h11,14H,6,8-10H2,1-4H3. The molecule has 0 aromatic rings. The smallest absolute Gasteiger partial charge is 0.130 e. The average molecular weight is 271 g/mol. The SMILES string of the molecule is [B]C(CCCNC)(OCC#CC(C)C)SSC. The van der Waals surface area contributed by atoms with Crippen LogP contribution in [0.5, 0.6) is 0 Å². The van der Waals surface area contributed by atoms with Crippen LogP contribution in [0.15, 0.2) is 0 Å². The van der Waals surface area contributed by atoms with Gasteiger partial charge in [0.25, 0.3) is 0 Å². The van der Waals surface area contributed by atoms with Gasteiger partial charge >= 0.3 is 0 Å². The molecule has 2 radical (unpaired) electrons. The molecular formula is C12H22BNOS2. The van der Waals surface area contributed by atoms with E-state index >= 15 is 0 Å². The molecule has 0 amide bonds. The van der Waals surface area contributed by atoms with Gasteiger partial charge in [0, 0.05) is 5.92 Å². The minimum Gasteiger partial charge on any atom is -0.361 e. The summed E-state index contributed by atoms with van der Waals surface area (Å²) in [6.45, 7) is 5.48. The first-order valence-corrected chi connectivity index (χ1v) is 8.37. The van der Waals surface area contributed by atoms with E-state index < -0.39 is 4.83 Å². The van der Waals surface area contributed by atoms with Gasteiger partial charge in [-0.25, -0.2) is 0 Å². The zero-order valence-electron chi connectivity index (χ0n) is 11.2. The molecular weight excluding hydrogens is 249 g/mol. The molecule has 2 nitrogen and oxygen atoms in total. The molecule has 17 heavy (non-hydrogen) atoms. The van der Waals surface area contributed by atoms with Crippen LogP contribution >= 0.6 is 21.6 Å². The van der Waals surface area contributed by atoms with Crippen LogP contribution in [0.1, 0.15) is 26.7 Å². The Balaban J connectivity index is 4.07. The predicted molar refractivity (Wildman–Crippen MR) is 81.3 cm³/mol. The Hall–Kier alpha value is 0.245. The Morgan fingerprint density at radius 2 is 2.18 bits per heavy atom. The fourth-order valence-electron chi connectivity index (χ4n) is 1.19. The summed E-state index contributed by atoms with van der Waals surface area (Å²) < 4.78 is 5.69. The summed E-state index contributed by atoms with van der Waals surface area (Å²) in [5.74, 6) is 6.45. The molecule has 0 saturated heterocycles. The van der Waals surface area contributed by atoms with E-state index in [0.717, 1.165) is 19.4 Å². The molecule has 96 valence electrons. The topological polar surface area (TPSA) is 21.3 Å². The third-order valence-corrected chi connectivity index (χ3v) is 4.07. The maximum Gasteiger partial charge on any atom is 0.130 e. The van der Waals surface area contributed by atoms with E-state index in [0.29, 0.717) is 12.5 Å². The Kier molecular flexibility index (Phi) is 10.3. The lowest BCUT2D eigenvalue weighted by molar-refractivity contribution is 0.104.